The van der Waals surface area contributed by atoms with E-state index < -0.39 is 28.6 Å². The minimum Gasteiger partial charge on any atom is -0.479 e. The lowest BCUT2D eigenvalue weighted by Crippen LogP contribution is -2.41. The first-order chi connectivity index (χ1) is 17.1. The van der Waals surface area contributed by atoms with Crippen LogP contribution < -0.4 is 0 Å². The van der Waals surface area contributed by atoms with Crippen LogP contribution in [-0.4, -0.2) is 36.5 Å². The number of aromatic amines is 1. The molecule has 0 bridgehead atoms. The number of aliphatic carboxylic acids is 1. The number of H-pyrrole nitrogens is 1. The Morgan fingerprint density at radius 2 is 1.97 bits per heavy atom. The number of rotatable bonds is 5. The van der Waals surface area contributed by atoms with E-state index in [2.05, 4.69) is 16.3 Å². The number of hydrogen-bond acceptors (Lipinski definition) is 4. The number of hydrogen-bond donors (Lipinski definition) is 3. The van der Waals surface area contributed by atoms with Crippen LogP contribution in [0.4, 0.5) is 8.78 Å². The maximum atomic E-state index is 14.4. The van der Waals surface area contributed by atoms with Crippen LogP contribution in [0.15, 0.2) is 36.5 Å². The van der Waals surface area contributed by atoms with E-state index in [1.807, 2.05) is 30.5 Å². The fourth-order valence-electron chi connectivity index (χ4n) is 5.60. The average Bonchev–Trinajstić information content (AvgIpc) is 3.42. The molecule has 4 aromatic rings. The number of carboxylic acid groups (broad SMARTS) is 1. The van der Waals surface area contributed by atoms with Gasteiger partial charge in [-0.3, -0.25) is 5.10 Å². The van der Waals surface area contributed by atoms with E-state index in [0.717, 1.165) is 45.2 Å². The van der Waals surface area contributed by atoms with Crippen molar-refractivity contribution in [3.8, 4) is 11.8 Å². The molecular weight excluding hydrogens is 466 g/mol. The topological polar surface area (TPSA) is 115 Å². The Morgan fingerprint density at radius 1 is 1.25 bits per heavy atom. The molecule has 0 radical (unpaired) electrons. The Morgan fingerprint density at radius 3 is 2.61 bits per heavy atom. The molecule has 0 spiro atoms. The first-order valence-electron chi connectivity index (χ1n) is 11.9. The lowest BCUT2D eigenvalue weighted by Gasteiger charge is -2.35. The summed E-state index contributed by atoms with van der Waals surface area (Å²) >= 11 is 0. The predicted octanol–water partition coefficient (Wildman–Crippen LogP) is 5.45. The maximum absolute atomic E-state index is 14.4. The number of aliphatic hydroxyl groups is 1. The van der Waals surface area contributed by atoms with Gasteiger partial charge >= 0.3 is 5.97 Å². The van der Waals surface area contributed by atoms with Gasteiger partial charge in [0.15, 0.2) is 17.2 Å². The van der Waals surface area contributed by atoms with Crippen LogP contribution in [0.2, 0.25) is 0 Å². The highest BCUT2D eigenvalue weighted by atomic mass is 19.2. The first-order valence-corrected chi connectivity index (χ1v) is 11.9. The molecule has 2 aromatic carbocycles. The van der Waals surface area contributed by atoms with Crippen molar-refractivity contribution in [1.82, 2.24) is 14.8 Å². The van der Waals surface area contributed by atoms with Crippen molar-refractivity contribution in [2.75, 3.05) is 0 Å². The molecule has 1 fully saturated rings. The van der Waals surface area contributed by atoms with E-state index in [4.69, 9.17) is 0 Å². The molecule has 0 saturated heterocycles. The molecule has 7 nitrogen and oxygen atoms in total. The second-order valence-corrected chi connectivity index (χ2v) is 10.4. The lowest BCUT2D eigenvalue weighted by atomic mass is 9.72. The normalized spacial score (nSPS) is 20.6. The summed E-state index contributed by atoms with van der Waals surface area (Å²) in [5.41, 5.74) is 1.25. The van der Waals surface area contributed by atoms with Crippen molar-refractivity contribution in [1.29, 1.82) is 5.26 Å². The number of aromatic nitrogens is 3. The standard InChI is InChI=1S/C27H26F2N4O3/c1-26(2,9-10-30)24-23(15-5-7-27(36,8-6-15)25(34)35)18-13-21-16(14-31-32-21)11-22(18)33(24)17-3-4-19(28)20(29)12-17/h3-4,11-15,36H,5-9H2,1-2H3,(H,31,32)(H,34,35)/t15-,27+. The SMILES string of the molecule is CC(C)(CC#N)c1c([C@H]2CC[C@](O)(C(=O)O)CC2)c2cc3[nH]ncc3cc2n1-c1ccc(F)c(F)c1. The third kappa shape index (κ3) is 3.73. The highest BCUT2D eigenvalue weighted by Gasteiger charge is 2.43. The number of carbonyl (C=O) groups is 1. The average molecular weight is 493 g/mol. The summed E-state index contributed by atoms with van der Waals surface area (Å²) in [4.78, 5) is 11.6. The van der Waals surface area contributed by atoms with E-state index in [0.29, 0.717) is 18.5 Å². The highest BCUT2D eigenvalue weighted by Crippen LogP contribution is 2.48. The van der Waals surface area contributed by atoms with Crippen molar-refractivity contribution >= 4 is 27.8 Å². The van der Waals surface area contributed by atoms with Crippen LogP contribution >= 0.6 is 0 Å². The molecule has 2 aromatic heterocycles. The molecule has 0 unspecified atom stereocenters. The Bertz CT molecular complexity index is 1540. The van der Waals surface area contributed by atoms with Gasteiger partial charge in [0, 0.05) is 40.1 Å². The quantitative estimate of drug-likeness (QED) is 0.343. The third-order valence-electron chi connectivity index (χ3n) is 7.51. The van der Waals surface area contributed by atoms with Gasteiger partial charge in [-0.2, -0.15) is 10.4 Å². The first kappa shape index (κ1) is 23.9. The zero-order chi connectivity index (χ0) is 25.8. The van der Waals surface area contributed by atoms with Gasteiger partial charge in [0.2, 0.25) is 0 Å². The van der Waals surface area contributed by atoms with Gasteiger partial charge in [-0.1, -0.05) is 13.8 Å². The number of benzene rings is 2. The van der Waals surface area contributed by atoms with Crippen LogP contribution in [0.5, 0.6) is 0 Å². The Kier molecular flexibility index (Phi) is 5.60. The van der Waals surface area contributed by atoms with Crippen molar-refractivity contribution < 1.29 is 23.8 Å². The second kappa shape index (κ2) is 8.42. The van der Waals surface area contributed by atoms with E-state index in [-0.39, 0.29) is 25.2 Å². The monoisotopic (exact) mass is 492 g/mol. The minimum atomic E-state index is -1.77. The van der Waals surface area contributed by atoms with Gasteiger partial charge in [-0.05, 0) is 61.4 Å². The fraction of sp³-hybridized carbons (Fsp3) is 0.370. The molecule has 9 heteroatoms. The Balaban J connectivity index is 1.83. The van der Waals surface area contributed by atoms with E-state index in [1.165, 1.54) is 6.07 Å². The van der Waals surface area contributed by atoms with Gasteiger partial charge in [-0.15, -0.1) is 0 Å². The molecule has 1 aliphatic rings. The zero-order valence-corrected chi connectivity index (χ0v) is 20.0. The highest BCUT2D eigenvalue weighted by molar-refractivity contribution is 5.99. The van der Waals surface area contributed by atoms with E-state index in [1.54, 1.807) is 6.20 Å². The number of nitriles is 1. The van der Waals surface area contributed by atoms with Gasteiger partial charge in [0.05, 0.1) is 23.3 Å². The van der Waals surface area contributed by atoms with Gasteiger partial charge in [0.1, 0.15) is 0 Å². The maximum Gasteiger partial charge on any atom is 0.335 e. The number of carboxylic acids is 1. The molecule has 36 heavy (non-hydrogen) atoms. The summed E-state index contributed by atoms with van der Waals surface area (Å²) in [6.07, 6.45) is 2.90. The molecular formula is C27H26F2N4O3. The molecule has 0 atom stereocenters. The number of nitrogens with zero attached hydrogens (tertiary/aromatic N) is 3. The van der Waals surface area contributed by atoms with Crippen molar-refractivity contribution in [3.05, 3.63) is 59.4 Å². The Hall–Kier alpha value is -3.77. The summed E-state index contributed by atoms with van der Waals surface area (Å²) < 4.78 is 30.2. The largest absolute Gasteiger partial charge is 0.479 e. The fourth-order valence-corrected chi connectivity index (χ4v) is 5.60. The lowest BCUT2D eigenvalue weighted by molar-refractivity contribution is -0.162. The molecule has 3 N–H and O–H groups in total. The van der Waals surface area contributed by atoms with Gasteiger partial charge in [0.25, 0.3) is 0 Å². The van der Waals surface area contributed by atoms with Crippen LogP contribution in [-0.2, 0) is 10.2 Å². The summed E-state index contributed by atoms with van der Waals surface area (Å²) in [7, 11) is 0. The van der Waals surface area contributed by atoms with Crippen LogP contribution in [0.3, 0.4) is 0 Å². The molecule has 1 saturated carbocycles. The predicted molar refractivity (Wildman–Crippen MR) is 130 cm³/mol. The van der Waals surface area contributed by atoms with E-state index in [9.17, 15) is 29.1 Å². The van der Waals surface area contributed by atoms with Crippen LogP contribution in [0, 0.1) is 23.0 Å². The zero-order valence-electron chi connectivity index (χ0n) is 20.0. The summed E-state index contributed by atoms with van der Waals surface area (Å²) in [6, 6.07) is 9.89. The number of halogens is 2. The minimum absolute atomic E-state index is 0.0925. The molecule has 2 heterocycles. The van der Waals surface area contributed by atoms with Crippen molar-refractivity contribution in [3.63, 3.8) is 0 Å². The number of fused-ring (bicyclic) bond motifs is 2. The van der Waals surface area contributed by atoms with Crippen LogP contribution in [0.25, 0.3) is 27.5 Å². The molecule has 5 rings (SSSR count). The van der Waals surface area contributed by atoms with Crippen LogP contribution in [0.1, 0.15) is 63.1 Å². The second-order valence-electron chi connectivity index (χ2n) is 10.4. The summed E-state index contributed by atoms with van der Waals surface area (Å²) in [5.74, 6) is -3.26. The van der Waals surface area contributed by atoms with Gasteiger partial charge in [-0.25, -0.2) is 13.6 Å². The summed E-state index contributed by atoms with van der Waals surface area (Å²) in [5, 5.41) is 38.5. The van der Waals surface area contributed by atoms with Crippen molar-refractivity contribution in [2.24, 2.45) is 0 Å². The Labute approximate surface area is 206 Å². The van der Waals surface area contributed by atoms with Gasteiger partial charge < -0.3 is 14.8 Å². The molecule has 0 amide bonds. The molecule has 0 aliphatic heterocycles. The molecule has 1 aliphatic carbocycles. The number of nitrogens with one attached hydrogen (secondary N) is 1. The summed E-state index contributed by atoms with van der Waals surface area (Å²) in [6.45, 7) is 3.88. The van der Waals surface area contributed by atoms with E-state index >= 15 is 0 Å². The smallest absolute Gasteiger partial charge is 0.335 e. The van der Waals surface area contributed by atoms with Crippen molar-refractivity contribution in [2.45, 2.75) is 62.9 Å². The third-order valence-corrected chi connectivity index (χ3v) is 7.51. The molecule has 186 valence electrons.